The third-order valence-corrected chi connectivity index (χ3v) is 6.21. The summed E-state index contributed by atoms with van der Waals surface area (Å²) in [6.45, 7) is 2.54. The lowest BCUT2D eigenvalue weighted by Crippen LogP contribution is -2.08. The van der Waals surface area contributed by atoms with Gasteiger partial charge in [-0.15, -0.1) is 21.5 Å². The second kappa shape index (κ2) is 9.98. The molecule has 0 aliphatic rings. The molecule has 0 amide bonds. The van der Waals surface area contributed by atoms with E-state index in [9.17, 15) is 0 Å². The van der Waals surface area contributed by atoms with Crippen LogP contribution >= 0.6 is 22.9 Å². The Labute approximate surface area is 188 Å². The first-order valence-electron chi connectivity index (χ1n) is 10.1. The number of benzene rings is 1. The number of aromatic amines is 1. The van der Waals surface area contributed by atoms with Crippen LogP contribution < -0.4 is 0 Å². The van der Waals surface area contributed by atoms with Crippen molar-refractivity contribution >= 4 is 34.6 Å². The maximum absolute atomic E-state index is 15.1. The third kappa shape index (κ3) is 5.08. The number of aromatic nitrogens is 6. The Bertz CT molecular complexity index is 1150. The molecule has 160 valence electrons. The number of nitrogens with one attached hydrogen (secondary N) is 1. The molecule has 0 aliphatic carbocycles. The van der Waals surface area contributed by atoms with Crippen LogP contribution in [0.5, 0.6) is 0 Å². The van der Waals surface area contributed by atoms with Gasteiger partial charge in [0.1, 0.15) is 5.82 Å². The van der Waals surface area contributed by atoms with Crippen molar-refractivity contribution in [1.82, 2.24) is 30.2 Å². The molecule has 31 heavy (non-hydrogen) atoms. The van der Waals surface area contributed by atoms with Crippen LogP contribution in [0.3, 0.4) is 0 Å². The molecule has 0 unspecified atom stereocenters. The van der Waals surface area contributed by atoms with Crippen LogP contribution in [-0.4, -0.2) is 30.2 Å². The number of aryl methyl sites for hydroxylation is 1. The zero-order valence-corrected chi connectivity index (χ0v) is 18.6. The fraction of sp³-hybridized carbons (Fsp3) is 0.273. The van der Waals surface area contributed by atoms with Gasteiger partial charge in [-0.25, -0.2) is 4.98 Å². The van der Waals surface area contributed by atoms with Gasteiger partial charge in [-0.1, -0.05) is 49.2 Å². The lowest BCUT2D eigenvalue weighted by atomic mass is 10.1. The van der Waals surface area contributed by atoms with Gasteiger partial charge < -0.3 is 4.57 Å². The van der Waals surface area contributed by atoms with E-state index in [-0.39, 0.29) is 0 Å². The number of allylic oxidation sites excluding steroid dienone is 1. The minimum atomic E-state index is -0.509. The van der Waals surface area contributed by atoms with Crippen LogP contribution in [-0.2, 0) is 19.4 Å². The molecule has 0 saturated carbocycles. The molecule has 4 aromatic rings. The molecule has 0 atom stereocenters. The molecule has 0 spiro atoms. The maximum atomic E-state index is 15.1. The fourth-order valence-electron chi connectivity index (χ4n) is 3.38. The summed E-state index contributed by atoms with van der Waals surface area (Å²) in [6, 6.07) is 11.6. The molecule has 3 heterocycles. The molecular weight excluding hydrogens is 435 g/mol. The van der Waals surface area contributed by atoms with Crippen molar-refractivity contribution < 1.29 is 4.39 Å². The third-order valence-electron chi connectivity index (χ3n) is 4.97. The molecule has 0 fully saturated rings. The lowest BCUT2D eigenvalue weighted by molar-refractivity contribution is 0.582. The zero-order chi connectivity index (χ0) is 21.6. The summed E-state index contributed by atoms with van der Waals surface area (Å²) >= 11 is 8.03. The number of tetrazole rings is 1. The van der Waals surface area contributed by atoms with Gasteiger partial charge in [0.15, 0.2) is 0 Å². The molecule has 0 aliphatic heterocycles. The lowest BCUT2D eigenvalue weighted by Gasteiger charge is -2.12. The molecule has 1 N–H and O–H groups in total. The first-order chi connectivity index (χ1) is 15.2. The van der Waals surface area contributed by atoms with E-state index in [1.54, 1.807) is 17.4 Å². The van der Waals surface area contributed by atoms with Crippen molar-refractivity contribution in [1.29, 1.82) is 0 Å². The first-order valence-corrected chi connectivity index (χ1v) is 11.4. The highest BCUT2D eigenvalue weighted by atomic mass is 35.5. The molecule has 9 heteroatoms. The molecular formula is C22H22ClFN6S. The fourth-order valence-corrected chi connectivity index (χ4v) is 4.30. The van der Waals surface area contributed by atoms with Crippen molar-refractivity contribution in [2.75, 3.05) is 0 Å². The Balaban J connectivity index is 1.79. The number of nitrogens with zero attached hydrogens (tertiary/aromatic N) is 5. The van der Waals surface area contributed by atoms with Crippen LogP contribution in [0.4, 0.5) is 4.39 Å². The van der Waals surface area contributed by atoms with Crippen molar-refractivity contribution in [2.24, 2.45) is 0 Å². The maximum Gasteiger partial charge on any atom is 0.238 e. The minimum Gasteiger partial charge on any atom is -0.321 e. The Hall–Kier alpha value is -2.84. The Morgan fingerprint density at radius 1 is 1.26 bits per heavy atom. The van der Waals surface area contributed by atoms with Gasteiger partial charge in [0.2, 0.25) is 11.8 Å². The normalized spacial score (nSPS) is 11.9. The van der Waals surface area contributed by atoms with Crippen LogP contribution in [0, 0.1) is 5.95 Å². The van der Waals surface area contributed by atoms with E-state index in [4.69, 9.17) is 11.6 Å². The minimum absolute atomic E-state index is 0.391. The van der Waals surface area contributed by atoms with Crippen molar-refractivity contribution in [2.45, 2.75) is 39.2 Å². The van der Waals surface area contributed by atoms with Gasteiger partial charge in [0.25, 0.3) is 0 Å². The topological polar surface area (TPSA) is 72.3 Å². The summed E-state index contributed by atoms with van der Waals surface area (Å²) in [5.74, 6) is 0.632. The SMILES string of the molecule is CCCCc1nc(F)c(/C=C(\Cc2cccs2)c2nn[nH]n2)n1Cc1ccccc1Cl. The number of halogens is 2. The van der Waals surface area contributed by atoms with Gasteiger partial charge in [0, 0.05) is 28.3 Å². The predicted molar refractivity (Wildman–Crippen MR) is 121 cm³/mol. The Kier molecular flexibility index (Phi) is 6.89. The van der Waals surface area contributed by atoms with E-state index in [0.29, 0.717) is 41.8 Å². The van der Waals surface area contributed by atoms with Gasteiger partial charge in [-0.3, -0.25) is 0 Å². The number of thiophene rings is 1. The molecule has 1 aromatic carbocycles. The monoisotopic (exact) mass is 456 g/mol. The first kappa shape index (κ1) is 21.4. The number of rotatable bonds is 9. The number of H-pyrrole nitrogens is 1. The number of imidazole rings is 1. The Morgan fingerprint density at radius 2 is 2.13 bits per heavy atom. The van der Waals surface area contributed by atoms with Crippen molar-refractivity contribution in [3.63, 3.8) is 0 Å². The predicted octanol–water partition coefficient (Wildman–Crippen LogP) is 5.42. The van der Waals surface area contributed by atoms with E-state index in [1.165, 1.54) is 0 Å². The summed E-state index contributed by atoms with van der Waals surface area (Å²) < 4.78 is 17.0. The van der Waals surface area contributed by atoms with E-state index < -0.39 is 5.95 Å². The number of hydrogen-bond acceptors (Lipinski definition) is 5. The van der Waals surface area contributed by atoms with Crippen LogP contribution in [0.25, 0.3) is 11.6 Å². The molecule has 0 saturated heterocycles. The van der Waals surface area contributed by atoms with Crippen LogP contribution in [0.1, 0.15) is 47.5 Å². The number of unbranched alkanes of at least 4 members (excludes halogenated alkanes) is 1. The summed E-state index contributed by atoms with van der Waals surface area (Å²) in [6.07, 6.45) is 4.96. The second-order valence-corrected chi connectivity index (χ2v) is 8.59. The van der Waals surface area contributed by atoms with E-state index >= 15 is 4.39 Å². The Morgan fingerprint density at radius 3 is 2.84 bits per heavy atom. The largest absolute Gasteiger partial charge is 0.321 e. The molecule has 0 bridgehead atoms. The quantitative estimate of drug-likeness (QED) is 0.364. The highest BCUT2D eigenvalue weighted by Gasteiger charge is 2.19. The van der Waals surface area contributed by atoms with Gasteiger partial charge >= 0.3 is 0 Å². The van der Waals surface area contributed by atoms with Gasteiger partial charge in [-0.05, 0) is 40.8 Å². The van der Waals surface area contributed by atoms with Crippen LogP contribution in [0.15, 0.2) is 41.8 Å². The molecule has 0 radical (unpaired) electrons. The molecule has 3 aromatic heterocycles. The zero-order valence-electron chi connectivity index (χ0n) is 17.1. The summed E-state index contributed by atoms with van der Waals surface area (Å²) in [5, 5.41) is 17.1. The van der Waals surface area contributed by atoms with Gasteiger partial charge in [-0.2, -0.15) is 9.60 Å². The second-order valence-electron chi connectivity index (χ2n) is 7.15. The summed E-state index contributed by atoms with van der Waals surface area (Å²) in [7, 11) is 0. The number of hydrogen-bond donors (Lipinski definition) is 1. The van der Waals surface area contributed by atoms with E-state index in [0.717, 1.165) is 28.9 Å². The standard InChI is InChI=1S/C22H22ClFN6S/c1-2-3-10-20-25-21(24)19(30(20)14-15-7-4-5-9-18(15)23)13-16(22-26-28-29-27-22)12-17-8-6-11-31-17/h4-9,11,13H,2-3,10,12,14H2,1H3,(H,26,27,28,29)/b16-13+. The van der Waals surface area contributed by atoms with Crippen molar-refractivity contribution in [3.8, 4) is 0 Å². The molecule has 6 nitrogen and oxygen atoms in total. The van der Waals surface area contributed by atoms with Crippen LogP contribution in [0.2, 0.25) is 5.02 Å². The smallest absolute Gasteiger partial charge is 0.238 e. The van der Waals surface area contributed by atoms with Crippen molar-refractivity contribution in [3.05, 3.63) is 80.5 Å². The van der Waals surface area contributed by atoms with Gasteiger partial charge in [0.05, 0.1) is 12.2 Å². The molecule has 4 rings (SSSR count). The highest BCUT2D eigenvalue weighted by Crippen LogP contribution is 2.26. The van der Waals surface area contributed by atoms with E-state index in [1.807, 2.05) is 46.3 Å². The summed E-state index contributed by atoms with van der Waals surface area (Å²) in [4.78, 5) is 5.38. The summed E-state index contributed by atoms with van der Waals surface area (Å²) in [5.41, 5.74) is 2.06. The average molecular weight is 457 g/mol. The average Bonchev–Trinajstić information content (AvgIpc) is 3.52. The highest BCUT2D eigenvalue weighted by molar-refractivity contribution is 7.10. The van der Waals surface area contributed by atoms with E-state index in [2.05, 4.69) is 32.5 Å².